The Morgan fingerprint density at radius 3 is 2.79 bits per heavy atom. The van der Waals surface area contributed by atoms with E-state index in [9.17, 15) is 5.11 Å². The third-order valence-corrected chi connectivity index (χ3v) is 2.65. The molecule has 3 heteroatoms. The van der Waals surface area contributed by atoms with Gasteiger partial charge < -0.3 is 10.4 Å². The summed E-state index contributed by atoms with van der Waals surface area (Å²) in [5.74, 6) is 0.343. The Balaban J connectivity index is 2.74. The van der Waals surface area contributed by atoms with Gasteiger partial charge >= 0.3 is 0 Å². The van der Waals surface area contributed by atoms with Crippen LogP contribution in [-0.2, 0) is 0 Å². The molecule has 0 saturated carbocycles. The quantitative estimate of drug-likeness (QED) is 0.869. The van der Waals surface area contributed by atoms with Gasteiger partial charge in [0.2, 0.25) is 0 Å². The predicted octanol–water partition coefficient (Wildman–Crippen LogP) is 3.22. The van der Waals surface area contributed by atoms with E-state index >= 15 is 0 Å². The monoisotopic (exact) mass is 257 g/mol. The van der Waals surface area contributed by atoms with Crippen LogP contribution in [0.5, 0.6) is 5.75 Å². The second-order valence-corrected chi connectivity index (χ2v) is 4.29. The highest BCUT2D eigenvalue weighted by atomic mass is 79.9. The molecule has 0 aliphatic carbocycles. The molecule has 0 heterocycles. The molecule has 2 nitrogen and oxygen atoms in total. The minimum atomic E-state index is 0.197. The molecule has 0 fully saturated rings. The summed E-state index contributed by atoms with van der Waals surface area (Å²) < 4.78 is 0.904. The van der Waals surface area contributed by atoms with E-state index in [4.69, 9.17) is 0 Å². The van der Waals surface area contributed by atoms with E-state index in [2.05, 4.69) is 35.1 Å². The lowest BCUT2D eigenvalue weighted by atomic mass is 10.1. The van der Waals surface area contributed by atoms with Gasteiger partial charge in [0.25, 0.3) is 0 Å². The first-order chi connectivity index (χ1) is 6.65. The molecule has 0 saturated heterocycles. The number of nitrogens with one attached hydrogen (secondary N) is 1. The van der Waals surface area contributed by atoms with Gasteiger partial charge in [0.1, 0.15) is 5.75 Å². The van der Waals surface area contributed by atoms with Crippen LogP contribution in [0.2, 0.25) is 0 Å². The number of benzene rings is 1. The van der Waals surface area contributed by atoms with Crippen LogP contribution < -0.4 is 5.32 Å². The van der Waals surface area contributed by atoms with Crippen molar-refractivity contribution < 1.29 is 5.11 Å². The summed E-state index contributed by atoms with van der Waals surface area (Å²) in [4.78, 5) is 0. The van der Waals surface area contributed by atoms with E-state index in [1.165, 1.54) is 0 Å². The van der Waals surface area contributed by atoms with Crippen molar-refractivity contribution in [2.75, 3.05) is 6.54 Å². The Bertz CT molecular complexity index is 301. The third kappa shape index (κ3) is 3.00. The lowest BCUT2D eigenvalue weighted by Crippen LogP contribution is -2.19. The molecule has 1 unspecified atom stereocenters. The topological polar surface area (TPSA) is 32.3 Å². The molecule has 2 N–H and O–H groups in total. The number of phenolic OH excluding ortho intramolecular Hbond substituents is 1. The molecule has 0 aromatic heterocycles. The number of hydrogen-bond donors (Lipinski definition) is 2. The summed E-state index contributed by atoms with van der Waals surface area (Å²) in [5.41, 5.74) is 0.946. The Hall–Kier alpha value is -0.540. The fraction of sp³-hybridized carbons (Fsp3) is 0.455. The molecule has 0 spiro atoms. The summed E-state index contributed by atoms with van der Waals surface area (Å²) in [7, 11) is 0. The van der Waals surface area contributed by atoms with Crippen LogP contribution in [0.15, 0.2) is 22.7 Å². The van der Waals surface area contributed by atoms with Crippen LogP contribution in [0.1, 0.15) is 31.9 Å². The zero-order valence-corrected chi connectivity index (χ0v) is 10.1. The van der Waals surface area contributed by atoms with Crippen LogP contribution in [0.25, 0.3) is 0 Å². The SMILES string of the molecule is CCCNC(C)c1ccc(Br)cc1O. The largest absolute Gasteiger partial charge is 0.508 e. The first kappa shape index (κ1) is 11.5. The van der Waals surface area contributed by atoms with E-state index in [1.54, 1.807) is 6.07 Å². The molecular weight excluding hydrogens is 242 g/mol. The van der Waals surface area contributed by atoms with E-state index in [1.807, 2.05) is 12.1 Å². The van der Waals surface area contributed by atoms with Crippen LogP contribution in [-0.4, -0.2) is 11.7 Å². The van der Waals surface area contributed by atoms with Crippen molar-refractivity contribution >= 4 is 15.9 Å². The zero-order chi connectivity index (χ0) is 10.6. The van der Waals surface area contributed by atoms with Crippen molar-refractivity contribution in [2.24, 2.45) is 0 Å². The molecule has 0 amide bonds. The van der Waals surface area contributed by atoms with Crippen molar-refractivity contribution in [3.63, 3.8) is 0 Å². The van der Waals surface area contributed by atoms with Gasteiger partial charge in [-0.2, -0.15) is 0 Å². The van der Waals surface area contributed by atoms with Gasteiger partial charge in [-0.25, -0.2) is 0 Å². The van der Waals surface area contributed by atoms with Crippen molar-refractivity contribution in [2.45, 2.75) is 26.3 Å². The predicted molar refractivity (Wildman–Crippen MR) is 62.5 cm³/mol. The summed E-state index contributed by atoms with van der Waals surface area (Å²) in [6.45, 7) is 5.15. The van der Waals surface area contributed by atoms with Gasteiger partial charge in [-0.15, -0.1) is 0 Å². The molecule has 1 rings (SSSR count). The van der Waals surface area contributed by atoms with Gasteiger partial charge in [-0.05, 0) is 32.0 Å². The highest BCUT2D eigenvalue weighted by Crippen LogP contribution is 2.27. The third-order valence-electron chi connectivity index (χ3n) is 2.16. The van der Waals surface area contributed by atoms with Gasteiger partial charge in [-0.1, -0.05) is 28.9 Å². The maximum Gasteiger partial charge on any atom is 0.121 e. The number of halogens is 1. The molecule has 0 bridgehead atoms. The summed E-state index contributed by atoms with van der Waals surface area (Å²) in [5, 5.41) is 13.0. The Morgan fingerprint density at radius 2 is 2.21 bits per heavy atom. The first-order valence-corrected chi connectivity index (χ1v) is 5.66. The molecule has 1 atom stereocenters. The van der Waals surface area contributed by atoms with Crippen molar-refractivity contribution in [1.82, 2.24) is 5.32 Å². The minimum absolute atomic E-state index is 0.197. The van der Waals surface area contributed by atoms with Crippen LogP contribution in [0.4, 0.5) is 0 Å². The molecule has 78 valence electrons. The molecule has 14 heavy (non-hydrogen) atoms. The zero-order valence-electron chi connectivity index (χ0n) is 8.55. The van der Waals surface area contributed by atoms with Gasteiger partial charge in [0.15, 0.2) is 0 Å². The number of rotatable bonds is 4. The Kier molecular flexibility index (Phi) is 4.42. The fourth-order valence-electron chi connectivity index (χ4n) is 1.35. The lowest BCUT2D eigenvalue weighted by molar-refractivity contribution is 0.452. The van der Waals surface area contributed by atoms with Crippen molar-refractivity contribution in [3.05, 3.63) is 28.2 Å². The molecule has 0 aliphatic rings. The molecule has 1 aromatic carbocycles. The Labute approximate surface area is 93.5 Å². The van der Waals surface area contributed by atoms with Crippen LogP contribution in [0.3, 0.4) is 0 Å². The average Bonchev–Trinajstić information content (AvgIpc) is 2.14. The normalized spacial score (nSPS) is 12.8. The number of hydrogen-bond acceptors (Lipinski definition) is 2. The second-order valence-electron chi connectivity index (χ2n) is 3.38. The Morgan fingerprint density at radius 1 is 1.50 bits per heavy atom. The van der Waals surface area contributed by atoms with Crippen LogP contribution >= 0.6 is 15.9 Å². The van der Waals surface area contributed by atoms with E-state index in [0.29, 0.717) is 5.75 Å². The molecular formula is C11H16BrNO. The van der Waals surface area contributed by atoms with Gasteiger partial charge in [0, 0.05) is 16.1 Å². The van der Waals surface area contributed by atoms with Crippen molar-refractivity contribution in [3.8, 4) is 5.75 Å². The average molecular weight is 258 g/mol. The maximum absolute atomic E-state index is 9.69. The van der Waals surface area contributed by atoms with E-state index in [0.717, 1.165) is 23.0 Å². The molecule has 1 aromatic rings. The fourth-order valence-corrected chi connectivity index (χ4v) is 1.70. The lowest BCUT2D eigenvalue weighted by Gasteiger charge is -2.15. The van der Waals surface area contributed by atoms with Gasteiger partial charge in [-0.3, -0.25) is 0 Å². The van der Waals surface area contributed by atoms with Crippen molar-refractivity contribution in [1.29, 1.82) is 0 Å². The standard InChI is InChI=1S/C11H16BrNO/c1-3-6-13-8(2)10-5-4-9(12)7-11(10)14/h4-5,7-8,13-14H,3,6H2,1-2H3. The van der Waals surface area contributed by atoms with E-state index < -0.39 is 0 Å². The molecule has 0 aliphatic heterocycles. The molecule has 0 radical (unpaired) electrons. The number of aromatic hydroxyl groups is 1. The number of phenols is 1. The minimum Gasteiger partial charge on any atom is -0.508 e. The highest BCUT2D eigenvalue weighted by Gasteiger charge is 2.08. The maximum atomic E-state index is 9.69. The van der Waals surface area contributed by atoms with Gasteiger partial charge in [0.05, 0.1) is 0 Å². The summed E-state index contributed by atoms with van der Waals surface area (Å²) >= 11 is 3.32. The second kappa shape index (κ2) is 5.37. The van der Waals surface area contributed by atoms with E-state index in [-0.39, 0.29) is 6.04 Å². The summed E-state index contributed by atoms with van der Waals surface area (Å²) in [6.07, 6.45) is 1.10. The highest BCUT2D eigenvalue weighted by molar-refractivity contribution is 9.10. The van der Waals surface area contributed by atoms with Crippen LogP contribution in [0, 0.1) is 0 Å². The first-order valence-electron chi connectivity index (χ1n) is 4.87. The smallest absolute Gasteiger partial charge is 0.121 e. The summed E-state index contributed by atoms with van der Waals surface area (Å²) in [6, 6.07) is 5.80.